The molecule has 1 atom stereocenters. The van der Waals surface area contributed by atoms with Crippen LogP contribution in [0.15, 0.2) is 21.3 Å². The lowest BCUT2D eigenvalue weighted by atomic mass is 10.0. The molecule has 0 aliphatic heterocycles. The van der Waals surface area contributed by atoms with Crippen molar-refractivity contribution in [2.45, 2.75) is 39.7 Å². The molecule has 152 valence electrons. The number of aryl methyl sites for hydroxylation is 1. The minimum atomic E-state index is -1.11. The highest BCUT2D eigenvalue weighted by atomic mass is 16.5. The standard InChI is InChI=1S/C20H25NO7/c1-10(2)6-14(19(23)24)21-18(22)8-13-11(3)12-7-16(26-4)17(27-5)9-15(12)28-20(13)25/h7,9-10,14H,6,8H2,1-5H3,(H,21,22)(H,23,24)/t14-/m0/s1. The lowest BCUT2D eigenvalue weighted by Gasteiger charge is -2.17. The van der Waals surface area contributed by atoms with Gasteiger partial charge in [0.1, 0.15) is 11.6 Å². The lowest BCUT2D eigenvalue weighted by molar-refractivity contribution is -0.142. The molecule has 0 aliphatic rings. The van der Waals surface area contributed by atoms with Crippen LogP contribution in [0, 0.1) is 12.8 Å². The maximum atomic E-state index is 12.4. The zero-order valence-electron chi connectivity index (χ0n) is 16.6. The van der Waals surface area contributed by atoms with E-state index in [2.05, 4.69) is 5.32 Å². The predicted octanol–water partition coefficient (Wildman–Crippen LogP) is 2.28. The second-order valence-electron chi connectivity index (χ2n) is 6.96. The lowest BCUT2D eigenvalue weighted by Crippen LogP contribution is -2.42. The van der Waals surface area contributed by atoms with Gasteiger partial charge in [-0.2, -0.15) is 0 Å². The van der Waals surface area contributed by atoms with Crippen molar-refractivity contribution in [3.8, 4) is 11.5 Å². The number of nitrogens with one attached hydrogen (secondary N) is 1. The Morgan fingerprint density at radius 2 is 1.79 bits per heavy atom. The van der Waals surface area contributed by atoms with Gasteiger partial charge in [0.25, 0.3) is 0 Å². The van der Waals surface area contributed by atoms with Crippen LogP contribution in [0.25, 0.3) is 11.0 Å². The summed E-state index contributed by atoms with van der Waals surface area (Å²) >= 11 is 0. The molecule has 0 saturated heterocycles. The zero-order valence-corrected chi connectivity index (χ0v) is 16.6. The SMILES string of the molecule is COc1cc2oc(=O)c(CC(=O)N[C@@H](CC(C)C)C(=O)O)c(C)c2cc1OC. The van der Waals surface area contributed by atoms with Gasteiger partial charge in [-0.05, 0) is 30.9 Å². The van der Waals surface area contributed by atoms with Crippen LogP contribution in [0.4, 0.5) is 0 Å². The fraction of sp³-hybridized carbons (Fsp3) is 0.450. The van der Waals surface area contributed by atoms with E-state index in [-0.39, 0.29) is 17.9 Å². The van der Waals surface area contributed by atoms with E-state index in [0.29, 0.717) is 34.5 Å². The van der Waals surface area contributed by atoms with E-state index in [1.807, 2.05) is 13.8 Å². The molecule has 2 N–H and O–H groups in total. The third-order valence-corrected chi connectivity index (χ3v) is 4.47. The third-order valence-electron chi connectivity index (χ3n) is 4.47. The highest BCUT2D eigenvalue weighted by Crippen LogP contribution is 2.33. The summed E-state index contributed by atoms with van der Waals surface area (Å²) in [5, 5.41) is 12.4. The van der Waals surface area contributed by atoms with Crippen molar-refractivity contribution in [3.63, 3.8) is 0 Å². The van der Waals surface area contributed by atoms with Crippen LogP contribution in [0.2, 0.25) is 0 Å². The number of carbonyl (C=O) groups excluding carboxylic acids is 1. The number of methoxy groups -OCH3 is 2. The minimum Gasteiger partial charge on any atom is -0.493 e. The van der Waals surface area contributed by atoms with Crippen molar-refractivity contribution < 1.29 is 28.6 Å². The quantitative estimate of drug-likeness (QED) is 0.663. The molecular weight excluding hydrogens is 366 g/mol. The number of hydrogen-bond donors (Lipinski definition) is 2. The number of benzene rings is 1. The fourth-order valence-corrected chi connectivity index (χ4v) is 3.02. The van der Waals surface area contributed by atoms with Gasteiger partial charge in [-0.1, -0.05) is 13.8 Å². The molecular formula is C20H25NO7. The Bertz CT molecular complexity index is 946. The number of hydrogen-bond acceptors (Lipinski definition) is 6. The molecule has 2 aromatic rings. The predicted molar refractivity (Wildman–Crippen MR) is 103 cm³/mol. The van der Waals surface area contributed by atoms with Gasteiger partial charge in [-0.3, -0.25) is 4.79 Å². The number of fused-ring (bicyclic) bond motifs is 1. The van der Waals surface area contributed by atoms with Crippen molar-refractivity contribution in [1.29, 1.82) is 0 Å². The topological polar surface area (TPSA) is 115 Å². The average Bonchev–Trinajstić information content (AvgIpc) is 2.63. The maximum absolute atomic E-state index is 12.4. The molecule has 0 spiro atoms. The van der Waals surface area contributed by atoms with Crippen LogP contribution in [0.1, 0.15) is 31.4 Å². The first-order chi connectivity index (χ1) is 13.2. The van der Waals surface area contributed by atoms with E-state index in [9.17, 15) is 19.5 Å². The van der Waals surface area contributed by atoms with E-state index in [1.54, 1.807) is 19.1 Å². The molecule has 1 heterocycles. The fourth-order valence-electron chi connectivity index (χ4n) is 3.02. The van der Waals surface area contributed by atoms with E-state index >= 15 is 0 Å². The van der Waals surface area contributed by atoms with Crippen molar-refractivity contribution in [2.75, 3.05) is 14.2 Å². The minimum absolute atomic E-state index is 0.0938. The number of rotatable bonds is 8. The molecule has 0 bridgehead atoms. The summed E-state index contributed by atoms with van der Waals surface area (Å²) in [6.45, 7) is 5.44. The maximum Gasteiger partial charge on any atom is 0.340 e. The van der Waals surface area contributed by atoms with E-state index in [1.165, 1.54) is 14.2 Å². The molecule has 0 aliphatic carbocycles. The summed E-state index contributed by atoms with van der Waals surface area (Å²) in [6, 6.07) is 2.21. The molecule has 1 amide bonds. The summed E-state index contributed by atoms with van der Waals surface area (Å²) in [7, 11) is 2.97. The van der Waals surface area contributed by atoms with Crippen LogP contribution in [-0.4, -0.2) is 37.2 Å². The van der Waals surface area contributed by atoms with Gasteiger partial charge in [-0.25, -0.2) is 9.59 Å². The number of aliphatic carboxylic acids is 1. The first-order valence-electron chi connectivity index (χ1n) is 8.88. The van der Waals surface area contributed by atoms with Gasteiger partial charge in [0.05, 0.1) is 26.2 Å². The number of carbonyl (C=O) groups is 2. The molecule has 8 heteroatoms. The van der Waals surface area contributed by atoms with Crippen molar-refractivity contribution in [3.05, 3.63) is 33.7 Å². The summed E-state index contributed by atoms with van der Waals surface area (Å²) in [6.07, 6.45) is 0.0176. The summed E-state index contributed by atoms with van der Waals surface area (Å²) in [5.41, 5.74) is 0.402. The molecule has 28 heavy (non-hydrogen) atoms. The third kappa shape index (κ3) is 4.62. The Morgan fingerprint density at radius 1 is 1.18 bits per heavy atom. The Morgan fingerprint density at radius 3 is 2.32 bits per heavy atom. The molecule has 0 saturated carbocycles. The van der Waals surface area contributed by atoms with Gasteiger partial charge >= 0.3 is 11.6 Å². The van der Waals surface area contributed by atoms with E-state index < -0.39 is 23.5 Å². The second kappa shape index (κ2) is 8.77. The largest absolute Gasteiger partial charge is 0.493 e. The zero-order chi connectivity index (χ0) is 21.0. The molecule has 1 aromatic carbocycles. The summed E-state index contributed by atoms with van der Waals surface area (Å²) < 4.78 is 15.8. The van der Waals surface area contributed by atoms with Gasteiger partial charge in [0.15, 0.2) is 11.5 Å². The second-order valence-corrected chi connectivity index (χ2v) is 6.96. The Balaban J connectivity index is 2.37. The normalized spacial score (nSPS) is 12.1. The van der Waals surface area contributed by atoms with Crippen molar-refractivity contribution in [1.82, 2.24) is 5.32 Å². The van der Waals surface area contributed by atoms with E-state index in [4.69, 9.17) is 13.9 Å². The van der Waals surface area contributed by atoms with Gasteiger partial charge in [0.2, 0.25) is 5.91 Å². The average molecular weight is 391 g/mol. The number of carboxylic acids is 1. The van der Waals surface area contributed by atoms with Gasteiger partial charge in [0, 0.05) is 11.5 Å². The molecule has 8 nitrogen and oxygen atoms in total. The molecule has 0 fully saturated rings. The first-order valence-corrected chi connectivity index (χ1v) is 8.88. The van der Waals surface area contributed by atoms with Crippen molar-refractivity contribution in [2.24, 2.45) is 5.92 Å². The number of ether oxygens (including phenoxy) is 2. The van der Waals surface area contributed by atoms with Crippen LogP contribution in [0.3, 0.4) is 0 Å². The first kappa shape index (κ1) is 21.3. The van der Waals surface area contributed by atoms with Gasteiger partial charge < -0.3 is 24.3 Å². The molecule has 0 unspecified atom stereocenters. The Kier molecular flexibility index (Phi) is 6.66. The molecule has 2 rings (SSSR count). The van der Waals surface area contributed by atoms with Crippen LogP contribution < -0.4 is 20.4 Å². The smallest absolute Gasteiger partial charge is 0.340 e. The Labute approximate surface area is 162 Å². The molecule has 0 radical (unpaired) electrons. The van der Waals surface area contributed by atoms with Crippen molar-refractivity contribution >= 4 is 22.8 Å². The number of amides is 1. The van der Waals surface area contributed by atoms with Crippen LogP contribution >= 0.6 is 0 Å². The Hall–Kier alpha value is -3.03. The van der Waals surface area contributed by atoms with E-state index in [0.717, 1.165) is 0 Å². The summed E-state index contributed by atoms with van der Waals surface area (Å²) in [5.74, 6) is -0.688. The highest BCUT2D eigenvalue weighted by Gasteiger charge is 2.23. The molecule has 1 aromatic heterocycles. The monoisotopic (exact) mass is 391 g/mol. The van der Waals surface area contributed by atoms with Gasteiger partial charge in [-0.15, -0.1) is 0 Å². The number of carboxylic acid groups (broad SMARTS) is 1. The van der Waals surface area contributed by atoms with Crippen LogP contribution in [0.5, 0.6) is 11.5 Å². The highest BCUT2D eigenvalue weighted by molar-refractivity contribution is 5.88. The summed E-state index contributed by atoms with van der Waals surface area (Å²) in [4.78, 5) is 36.1. The van der Waals surface area contributed by atoms with Crippen LogP contribution in [-0.2, 0) is 16.0 Å².